The molecule has 1 aromatic carbocycles. The Morgan fingerprint density at radius 2 is 1.81 bits per heavy atom. The minimum Gasteiger partial charge on any atom is -0.493 e. The highest BCUT2D eigenvalue weighted by molar-refractivity contribution is 7.99. The molecule has 0 atom stereocenters. The van der Waals surface area contributed by atoms with Crippen molar-refractivity contribution >= 4 is 27.6 Å². The molecule has 0 fully saturated rings. The molecule has 0 saturated carbocycles. The van der Waals surface area contributed by atoms with E-state index in [1.54, 1.807) is 18.3 Å². The highest BCUT2D eigenvalue weighted by atomic mass is 32.2. The lowest BCUT2D eigenvalue weighted by molar-refractivity contribution is 0.343. The number of sulfonamides is 1. The van der Waals surface area contributed by atoms with E-state index in [1.807, 2.05) is 0 Å². The molecule has 1 heterocycles. The Morgan fingerprint density at radius 3 is 2.43 bits per heavy atom. The number of nitrogens with zero attached hydrogens (tertiary/aromatic N) is 2. The first-order valence-corrected chi connectivity index (χ1v) is 8.45. The zero-order chi connectivity index (χ0) is 15.3. The highest BCUT2D eigenvalue weighted by Crippen LogP contribution is 2.20. The molecule has 4 N–H and O–H groups in total. The molecule has 2 rings (SSSR count). The van der Waals surface area contributed by atoms with Crippen molar-refractivity contribution in [2.45, 2.75) is 9.92 Å². The lowest BCUT2D eigenvalue weighted by Gasteiger charge is -2.07. The summed E-state index contributed by atoms with van der Waals surface area (Å²) in [5.74, 6) is 1.59. The van der Waals surface area contributed by atoms with Crippen molar-refractivity contribution in [1.82, 2.24) is 9.97 Å². The predicted octanol–water partition coefficient (Wildman–Crippen LogP) is 0.877. The summed E-state index contributed by atoms with van der Waals surface area (Å²) in [6.45, 7) is 0.426. The van der Waals surface area contributed by atoms with E-state index in [2.05, 4.69) is 9.97 Å². The van der Waals surface area contributed by atoms with Gasteiger partial charge in [0.2, 0.25) is 10.0 Å². The first kappa shape index (κ1) is 15.5. The molecule has 2 aromatic rings. The Balaban J connectivity index is 1.83. The fraction of sp³-hybridized carbons (Fsp3) is 0.167. The second kappa shape index (κ2) is 6.74. The molecular weight excluding hydrogens is 312 g/mol. The zero-order valence-electron chi connectivity index (χ0n) is 11.0. The third kappa shape index (κ3) is 4.59. The van der Waals surface area contributed by atoms with E-state index in [0.717, 1.165) is 0 Å². The number of primary sulfonamides is 1. The number of anilines is 1. The Bertz CT molecular complexity index is 705. The maximum absolute atomic E-state index is 11.1. The molecule has 0 saturated heterocycles. The summed E-state index contributed by atoms with van der Waals surface area (Å²) >= 11 is 1.43. The maximum Gasteiger partial charge on any atom is 0.238 e. The van der Waals surface area contributed by atoms with Crippen molar-refractivity contribution in [3.63, 3.8) is 0 Å². The molecule has 0 aliphatic heterocycles. The van der Waals surface area contributed by atoms with Gasteiger partial charge in [-0.1, -0.05) is 11.8 Å². The van der Waals surface area contributed by atoms with Crippen LogP contribution in [0.15, 0.2) is 46.6 Å². The lowest BCUT2D eigenvalue weighted by Crippen LogP contribution is -2.11. The Kier molecular flexibility index (Phi) is 4.99. The number of nitrogen functional groups attached to an aromatic ring is 1. The molecule has 0 unspecified atom stereocenters. The van der Waals surface area contributed by atoms with Crippen LogP contribution < -0.4 is 15.6 Å². The zero-order valence-corrected chi connectivity index (χ0v) is 12.6. The number of rotatable bonds is 6. The van der Waals surface area contributed by atoms with Gasteiger partial charge in [-0.3, -0.25) is 0 Å². The van der Waals surface area contributed by atoms with Gasteiger partial charge in [-0.2, -0.15) is 0 Å². The fourth-order valence-corrected chi connectivity index (χ4v) is 2.68. The van der Waals surface area contributed by atoms with Crippen LogP contribution >= 0.6 is 11.8 Å². The van der Waals surface area contributed by atoms with Crippen molar-refractivity contribution in [1.29, 1.82) is 0 Å². The summed E-state index contributed by atoms with van der Waals surface area (Å²) in [5, 5.41) is 5.67. The van der Waals surface area contributed by atoms with Gasteiger partial charge in [-0.05, 0) is 24.3 Å². The van der Waals surface area contributed by atoms with Gasteiger partial charge in [0, 0.05) is 18.1 Å². The largest absolute Gasteiger partial charge is 0.493 e. The van der Waals surface area contributed by atoms with Gasteiger partial charge in [-0.15, -0.1) is 0 Å². The quantitative estimate of drug-likeness (QED) is 0.597. The topological polar surface area (TPSA) is 121 Å². The van der Waals surface area contributed by atoms with E-state index >= 15 is 0 Å². The molecule has 9 heteroatoms. The van der Waals surface area contributed by atoms with E-state index in [-0.39, 0.29) is 4.90 Å². The van der Waals surface area contributed by atoms with Crippen LogP contribution in [0.4, 0.5) is 5.82 Å². The van der Waals surface area contributed by atoms with Gasteiger partial charge in [0.1, 0.15) is 10.8 Å². The van der Waals surface area contributed by atoms with Crippen molar-refractivity contribution < 1.29 is 13.2 Å². The number of hydrogen-bond acceptors (Lipinski definition) is 7. The van der Waals surface area contributed by atoms with Crippen LogP contribution in [0.25, 0.3) is 0 Å². The van der Waals surface area contributed by atoms with Crippen molar-refractivity contribution in [3.8, 4) is 5.75 Å². The van der Waals surface area contributed by atoms with Crippen LogP contribution in [0.5, 0.6) is 5.75 Å². The summed E-state index contributed by atoms with van der Waals surface area (Å²) in [6.07, 6.45) is 3.11. The smallest absolute Gasteiger partial charge is 0.238 e. The van der Waals surface area contributed by atoms with E-state index in [4.69, 9.17) is 15.6 Å². The van der Waals surface area contributed by atoms with Crippen molar-refractivity contribution in [3.05, 3.63) is 36.7 Å². The number of benzene rings is 1. The molecule has 0 bridgehead atoms. The number of aromatic nitrogens is 2. The summed E-state index contributed by atoms with van der Waals surface area (Å²) in [5.41, 5.74) is 5.67. The van der Waals surface area contributed by atoms with E-state index < -0.39 is 10.0 Å². The normalized spacial score (nSPS) is 11.3. The third-order valence-corrected chi connectivity index (χ3v) is 4.32. The van der Waals surface area contributed by atoms with Gasteiger partial charge >= 0.3 is 0 Å². The SMILES string of the molecule is Nc1nccnc1SCCOc1ccc(S(N)(=O)=O)cc1. The van der Waals surface area contributed by atoms with E-state index in [9.17, 15) is 8.42 Å². The Labute approximate surface area is 126 Å². The average molecular weight is 326 g/mol. The Hall–Kier alpha value is -1.84. The standard InChI is InChI=1S/C12H14N4O3S2/c13-11-12(16-6-5-15-11)20-8-7-19-9-1-3-10(4-2-9)21(14,17)18/h1-6H,7-8H2,(H2,13,15)(H2,14,17,18). The van der Waals surface area contributed by atoms with E-state index in [0.29, 0.717) is 29.0 Å². The molecular formula is C12H14N4O3S2. The van der Waals surface area contributed by atoms with Gasteiger partial charge in [0.25, 0.3) is 0 Å². The lowest BCUT2D eigenvalue weighted by atomic mass is 10.3. The summed E-state index contributed by atoms with van der Waals surface area (Å²) in [6, 6.07) is 5.92. The van der Waals surface area contributed by atoms with Crippen LogP contribution in [0.1, 0.15) is 0 Å². The second-order valence-corrected chi connectivity index (χ2v) is 6.61. The molecule has 21 heavy (non-hydrogen) atoms. The monoisotopic (exact) mass is 326 g/mol. The Morgan fingerprint density at radius 1 is 1.14 bits per heavy atom. The number of hydrogen-bond donors (Lipinski definition) is 2. The minimum atomic E-state index is -3.67. The molecule has 0 amide bonds. The van der Waals surface area contributed by atoms with E-state index in [1.165, 1.54) is 30.1 Å². The van der Waals surface area contributed by atoms with Gasteiger partial charge < -0.3 is 10.5 Å². The first-order chi connectivity index (χ1) is 9.97. The summed E-state index contributed by atoms with van der Waals surface area (Å²) in [4.78, 5) is 8.09. The molecule has 7 nitrogen and oxygen atoms in total. The molecule has 1 aromatic heterocycles. The van der Waals surface area contributed by atoms with Gasteiger partial charge in [-0.25, -0.2) is 23.5 Å². The number of thioether (sulfide) groups is 1. The van der Waals surface area contributed by atoms with Crippen LogP contribution in [-0.2, 0) is 10.0 Å². The van der Waals surface area contributed by atoms with Gasteiger partial charge in [0.15, 0.2) is 5.82 Å². The molecule has 0 radical (unpaired) electrons. The molecule has 0 aliphatic rings. The summed E-state index contributed by atoms with van der Waals surface area (Å²) < 4.78 is 27.7. The van der Waals surface area contributed by atoms with Crippen molar-refractivity contribution in [2.24, 2.45) is 5.14 Å². The first-order valence-electron chi connectivity index (χ1n) is 5.92. The number of ether oxygens (including phenoxy) is 1. The highest BCUT2D eigenvalue weighted by Gasteiger charge is 2.07. The summed E-state index contributed by atoms with van der Waals surface area (Å²) in [7, 11) is -3.67. The molecule has 0 spiro atoms. The van der Waals surface area contributed by atoms with Crippen LogP contribution in [-0.4, -0.2) is 30.7 Å². The molecule has 0 aliphatic carbocycles. The maximum atomic E-state index is 11.1. The fourth-order valence-electron chi connectivity index (χ4n) is 1.47. The minimum absolute atomic E-state index is 0.0524. The second-order valence-electron chi connectivity index (χ2n) is 3.96. The van der Waals surface area contributed by atoms with Crippen LogP contribution in [0.2, 0.25) is 0 Å². The molecule has 112 valence electrons. The van der Waals surface area contributed by atoms with Crippen molar-refractivity contribution in [2.75, 3.05) is 18.1 Å². The van der Waals surface area contributed by atoms with Gasteiger partial charge in [0.05, 0.1) is 11.5 Å². The third-order valence-electron chi connectivity index (χ3n) is 2.43. The number of nitrogens with two attached hydrogens (primary N) is 2. The predicted molar refractivity (Wildman–Crippen MR) is 80.5 cm³/mol. The van der Waals surface area contributed by atoms with Crippen LogP contribution in [0, 0.1) is 0 Å². The van der Waals surface area contributed by atoms with Crippen LogP contribution in [0.3, 0.4) is 0 Å². The average Bonchev–Trinajstić information content (AvgIpc) is 2.45.